The van der Waals surface area contributed by atoms with Gasteiger partial charge in [0, 0.05) is 41.3 Å². The first kappa shape index (κ1) is 18.6. The monoisotopic (exact) mass is 393 g/mol. The zero-order valence-corrected chi connectivity index (χ0v) is 16.7. The molecule has 4 rings (SSSR count). The second-order valence-corrected chi connectivity index (χ2v) is 8.00. The number of piperidine rings is 1. The standard InChI is InChI=1S/C22H23N3O2S/c1-27-18-8-6-16(7-9-18)22-23-11-10-20(24-22)17-4-2-12-25(15-17)21(26)14-19-5-3-13-28-19/h3,5-11,13,17H,2,4,12,14-15H2,1H3. The van der Waals surface area contributed by atoms with Gasteiger partial charge in [0.2, 0.25) is 5.91 Å². The van der Waals surface area contributed by atoms with Crippen LogP contribution in [0.2, 0.25) is 0 Å². The number of amides is 1. The number of carbonyl (C=O) groups is 1. The fraction of sp³-hybridized carbons (Fsp3) is 0.318. The summed E-state index contributed by atoms with van der Waals surface area (Å²) in [6.07, 6.45) is 4.35. The second-order valence-electron chi connectivity index (χ2n) is 6.97. The maximum absolute atomic E-state index is 12.7. The molecule has 0 spiro atoms. The van der Waals surface area contributed by atoms with Gasteiger partial charge in [-0.15, -0.1) is 11.3 Å². The molecule has 144 valence electrons. The molecular formula is C22H23N3O2S. The van der Waals surface area contributed by atoms with E-state index in [1.807, 2.05) is 58.9 Å². The Balaban J connectivity index is 1.48. The Labute approximate surface area is 169 Å². The number of likely N-dealkylation sites (tertiary alicyclic amines) is 1. The molecule has 1 saturated heterocycles. The van der Waals surface area contributed by atoms with Crippen molar-refractivity contribution < 1.29 is 9.53 Å². The third-order valence-corrected chi connectivity index (χ3v) is 6.00. The molecule has 1 fully saturated rings. The largest absolute Gasteiger partial charge is 0.497 e. The molecular weight excluding hydrogens is 370 g/mol. The predicted octanol–water partition coefficient (Wildman–Crippen LogP) is 4.16. The number of hydrogen-bond acceptors (Lipinski definition) is 5. The van der Waals surface area contributed by atoms with Crippen LogP contribution < -0.4 is 4.74 Å². The van der Waals surface area contributed by atoms with E-state index in [9.17, 15) is 4.79 Å². The minimum Gasteiger partial charge on any atom is -0.497 e. The maximum atomic E-state index is 12.7. The van der Waals surface area contributed by atoms with Gasteiger partial charge in [-0.25, -0.2) is 9.97 Å². The van der Waals surface area contributed by atoms with E-state index in [1.165, 1.54) is 0 Å². The Morgan fingerprint density at radius 1 is 1.25 bits per heavy atom. The minimum absolute atomic E-state index is 0.205. The van der Waals surface area contributed by atoms with E-state index in [2.05, 4.69) is 4.98 Å². The molecule has 0 saturated carbocycles. The quantitative estimate of drug-likeness (QED) is 0.653. The molecule has 0 aliphatic carbocycles. The molecule has 6 heteroatoms. The fourth-order valence-corrected chi connectivity index (χ4v) is 4.29. The molecule has 3 heterocycles. The van der Waals surface area contributed by atoms with Crippen LogP contribution in [0.4, 0.5) is 0 Å². The molecule has 5 nitrogen and oxygen atoms in total. The van der Waals surface area contributed by atoms with Gasteiger partial charge in [-0.2, -0.15) is 0 Å². The third-order valence-electron chi connectivity index (χ3n) is 5.12. The summed E-state index contributed by atoms with van der Waals surface area (Å²) < 4.78 is 5.22. The van der Waals surface area contributed by atoms with Gasteiger partial charge >= 0.3 is 0 Å². The number of ether oxygens (including phenoxy) is 1. The number of carbonyl (C=O) groups excluding carboxylic acids is 1. The van der Waals surface area contributed by atoms with E-state index in [0.29, 0.717) is 12.2 Å². The lowest BCUT2D eigenvalue weighted by atomic mass is 9.94. The van der Waals surface area contributed by atoms with Crippen molar-refractivity contribution in [3.05, 3.63) is 64.6 Å². The minimum atomic E-state index is 0.205. The molecule has 2 aromatic heterocycles. The van der Waals surface area contributed by atoms with Gasteiger partial charge in [-0.05, 0) is 54.6 Å². The topological polar surface area (TPSA) is 55.3 Å². The summed E-state index contributed by atoms with van der Waals surface area (Å²) >= 11 is 1.64. The molecule has 0 radical (unpaired) electrons. The Bertz CT molecular complexity index is 925. The number of benzene rings is 1. The van der Waals surface area contributed by atoms with Crippen molar-refractivity contribution in [2.24, 2.45) is 0 Å². The normalized spacial score (nSPS) is 16.8. The van der Waals surface area contributed by atoms with Gasteiger partial charge in [0.1, 0.15) is 5.75 Å². The Morgan fingerprint density at radius 2 is 2.11 bits per heavy atom. The number of hydrogen-bond donors (Lipinski definition) is 0. The SMILES string of the molecule is COc1ccc(-c2nccc(C3CCCN(C(=O)Cc4cccs4)C3)n2)cc1. The van der Waals surface area contributed by atoms with E-state index in [4.69, 9.17) is 9.72 Å². The third kappa shape index (κ3) is 4.22. The number of rotatable bonds is 5. The van der Waals surface area contributed by atoms with Crippen LogP contribution in [0, 0.1) is 0 Å². The van der Waals surface area contributed by atoms with Crippen molar-refractivity contribution in [2.45, 2.75) is 25.2 Å². The van der Waals surface area contributed by atoms with E-state index in [1.54, 1.807) is 18.4 Å². The van der Waals surface area contributed by atoms with Gasteiger partial charge in [-0.3, -0.25) is 4.79 Å². The predicted molar refractivity (Wildman–Crippen MR) is 111 cm³/mol. The van der Waals surface area contributed by atoms with Crippen LogP contribution in [0.5, 0.6) is 5.75 Å². The molecule has 28 heavy (non-hydrogen) atoms. The highest BCUT2D eigenvalue weighted by Gasteiger charge is 2.26. The van der Waals surface area contributed by atoms with Gasteiger partial charge < -0.3 is 9.64 Å². The molecule has 0 N–H and O–H groups in total. The van der Waals surface area contributed by atoms with Crippen LogP contribution in [0.1, 0.15) is 29.3 Å². The molecule has 1 aliphatic rings. The highest BCUT2D eigenvalue weighted by atomic mass is 32.1. The first-order chi connectivity index (χ1) is 13.7. The van der Waals surface area contributed by atoms with Crippen molar-refractivity contribution in [3.63, 3.8) is 0 Å². The maximum Gasteiger partial charge on any atom is 0.227 e. The fourth-order valence-electron chi connectivity index (χ4n) is 3.60. The van der Waals surface area contributed by atoms with Crippen LogP contribution >= 0.6 is 11.3 Å². The molecule has 0 bridgehead atoms. The van der Waals surface area contributed by atoms with Crippen LogP contribution in [-0.4, -0.2) is 41.0 Å². The molecule has 1 amide bonds. The van der Waals surface area contributed by atoms with Crippen LogP contribution in [-0.2, 0) is 11.2 Å². The van der Waals surface area contributed by atoms with E-state index < -0.39 is 0 Å². The first-order valence-corrected chi connectivity index (χ1v) is 10.4. The Morgan fingerprint density at radius 3 is 2.86 bits per heavy atom. The molecule has 3 aromatic rings. The second kappa shape index (κ2) is 8.52. The summed E-state index contributed by atoms with van der Waals surface area (Å²) in [4.78, 5) is 25.0. The number of methoxy groups -OCH3 is 1. The van der Waals surface area contributed by atoms with Crippen molar-refractivity contribution in [2.75, 3.05) is 20.2 Å². The summed E-state index contributed by atoms with van der Waals surface area (Å²) in [7, 11) is 1.65. The summed E-state index contributed by atoms with van der Waals surface area (Å²) in [5.74, 6) is 1.98. The van der Waals surface area contributed by atoms with Gasteiger partial charge in [0.05, 0.1) is 13.5 Å². The smallest absolute Gasteiger partial charge is 0.227 e. The first-order valence-electron chi connectivity index (χ1n) is 9.50. The molecule has 1 unspecified atom stereocenters. The molecule has 1 aliphatic heterocycles. The van der Waals surface area contributed by atoms with E-state index in [-0.39, 0.29) is 11.8 Å². The summed E-state index contributed by atoms with van der Waals surface area (Å²) in [6, 6.07) is 13.8. The van der Waals surface area contributed by atoms with Crippen molar-refractivity contribution in [3.8, 4) is 17.1 Å². The van der Waals surface area contributed by atoms with Gasteiger partial charge in [0.25, 0.3) is 0 Å². The summed E-state index contributed by atoms with van der Waals surface area (Å²) in [6.45, 7) is 1.56. The highest BCUT2D eigenvalue weighted by molar-refractivity contribution is 7.10. The van der Waals surface area contributed by atoms with E-state index >= 15 is 0 Å². The lowest BCUT2D eigenvalue weighted by Gasteiger charge is -2.32. The zero-order chi connectivity index (χ0) is 19.3. The van der Waals surface area contributed by atoms with Crippen molar-refractivity contribution in [1.29, 1.82) is 0 Å². The van der Waals surface area contributed by atoms with E-state index in [0.717, 1.165) is 47.8 Å². The summed E-state index contributed by atoms with van der Waals surface area (Å²) in [5.41, 5.74) is 1.97. The number of nitrogens with zero attached hydrogens (tertiary/aromatic N) is 3. The van der Waals surface area contributed by atoms with Crippen molar-refractivity contribution in [1.82, 2.24) is 14.9 Å². The molecule has 1 aromatic carbocycles. The average Bonchev–Trinajstić information content (AvgIpc) is 3.27. The van der Waals surface area contributed by atoms with Gasteiger partial charge in [0.15, 0.2) is 5.82 Å². The lowest BCUT2D eigenvalue weighted by molar-refractivity contribution is -0.131. The average molecular weight is 394 g/mol. The number of thiophene rings is 1. The van der Waals surface area contributed by atoms with Crippen LogP contribution in [0.3, 0.4) is 0 Å². The molecule has 1 atom stereocenters. The van der Waals surface area contributed by atoms with Crippen LogP contribution in [0.15, 0.2) is 54.0 Å². The Hall–Kier alpha value is -2.73. The van der Waals surface area contributed by atoms with Crippen LogP contribution in [0.25, 0.3) is 11.4 Å². The summed E-state index contributed by atoms with van der Waals surface area (Å²) in [5, 5.41) is 2.02. The van der Waals surface area contributed by atoms with Gasteiger partial charge in [-0.1, -0.05) is 6.07 Å². The lowest BCUT2D eigenvalue weighted by Crippen LogP contribution is -2.40. The van der Waals surface area contributed by atoms with Crippen molar-refractivity contribution >= 4 is 17.2 Å². The zero-order valence-electron chi connectivity index (χ0n) is 15.9. The number of aromatic nitrogens is 2. The Kier molecular flexibility index (Phi) is 5.67. The highest BCUT2D eigenvalue weighted by Crippen LogP contribution is 2.28.